The van der Waals surface area contributed by atoms with Crippen LogP contribution >= 0.6 is 11.6 Å². The maximum Gasteiger partial charge on any atom is 0.0769 e. The summed E-state index contributed by atoms with van der Waals surface area (Å²) in [4.78, 5) is -0.310. The summed E-state index contributed by atoms with van der Waals surface area (Å²) in [5, 5.41) is 10.9. The minimum absolute atomic E-state index is 0.107. The van der Waals surface area contributed by atoms with E-state index < -0.39 is 5.60 Å². The van der Waals surface area contributed by atoms with Crippen molar-refractivity contribution in [3.8, 4) is 0 Å². The first-order valence-electron chi connectivity index (χ1n) is 9.29. The third-order valence-electron chi connectivity index (χ3n) is 6.88. The number of hydrogen-bond donors (Lipinski definition) is 1. The second-order valence-electron chi connectivity index (χ2n) is 9.26. The van der Waals surface area contributed by atoms with Crippen molar-refractivity contribution in [1.29, 1.82) is 0 Å². The van der Waals surface area contributed by atoms with Crippen LogP contribution in [0.1, 0.15) is 73.1 Å². The Bertz CT molecular complexity index is 490. The van der Waals surface area contributed by atoms with Crippen molar-refractivity contribution in [1.82, 2.24) is 0 Å². The van der Waals surface area contributed by atoms with E-state index in [-0.39, 0.29) is 16.6 Å². The molecule has 3 aliphatic rings. The van der Waals surface area contributed by atoms with E-state index in [4.69, 9.17) is 16.3 Å². The second-order valence-corrected chi connectivity index (χ2v) is 10.2. The number of rotatable bonds is 2. The number of halogens is 1. The lowest BCUT2D eigenvalue weighted by molar-refractivity contribution is -0.143. The lowest BCUT2D eigenvalue weighted by Crippen LogP contribution is -2.53. The summed E-state index contributed by atoms with van der Waals surface area (Å²) in [7, 11) is 0. The highest BCUT2D eigenvalue weighted by atomic mass is 35.5. The van der Waals surface area contributed by atoms with Crippen LogP contribution < -0.4 is 0 Å². The van der Waals surface area contributed by atoms with E-state index >= 15 is 0 Å². The Labute approximate surface area is 146 Å². The van der Waals surface area contributed by atoms with Crippen molar-refractivity contribution >= 4 is 11.6 Å². The van der Waals surface area contributed by atoms with Crippen LogP contribution in [0.3, 0.4) is 0 Å². The SMILES string of the molecule is CC1=C[C@H]2[C@@H](CC1)[C@@](C)(O)CC[C@@H]2[C@@]1(C)CC[C@@H](C(C)(C)Cl)O1. The molecule has 6 atom stereocenters. The van der Waals surface area contributed by atoms with Crippen LogP contribution in [0, 0.1) is 17.8 Å². The molecule has 0 radical (unpaired) electrons. The fourth-order valence-electron chi connectivity index (χ4n) is 5.38. The molecule has 1 heterocycles. The minimum Gasteiger partial charge on any atom is -0.390 e. The Morgan fingerprint density at radius 3 is 2.48 bits per heavy atom. The van der Waals surface area contributed by atoms with Gasteiger partial charge in [0.05, 0.1) is 22.2 Å². The van der Waals surface area contributed by atoms with Crippen LogP contribution in [0.5, 0.6) is 0 Å². The molecule has 1 saturated carbocycles. The predicted octanol–water partition coefficient (Wildman–Crippen LogP) is 5.08. The average molecular weight is 341 g/mol. The van der Waals surface area contributed by atoms with E-state index in [1.54, 1.807) is 0 Å². The van der Waals surface area contributed by atoms with Gasteiger partial charge in [-0.1, -0.05) is 11.6 Å². The van der Waals surface area contributed by atoms with Crippen LogP contribution in [-0.4, -0.2) is 27.3 Å². The molecule has 0 aromatic carbocycles. The third-order valence-corrected chi connectivity index (χ3v) is 7.12. The molecular weight excluding hydrogens is 308 g/mol. The van der Waals surface area contributed by atoms with Crippen molar-refractivity contribution in [2.75, 3.05) is 0 Å². The molecule has 2 nitrogen and oxygen atoms in total. The number of alkyl halides is 1. The summed E-state index contributed by atoms with van der Waals surface area (Å²) in [5.74, 6) is 1.30. The molecule has 1 aliphatic heterocycles. The summed E-state index contributed by atoms with van der Waals surface area (Å²) < 4.78 is 6.56. The minimum atomic E-state index is -0.529. The summed E-state index contributed by atoms with van der Waals surface area (Å²) in [5.41, 5.74) is 0.841. The lowest BCUT2D eigenvalue weighted by atomic mass is 9.57. The molecular formula is C20H33ClO2. The zero-order valence-corrected chi connectivity index (χ0v) is 16.1. The molecule has 132 valence electrons. The number of hydrogen-bond acceptors (Lipinski definition) is 2. The molecule has 0 aromatic heterocycles. The van der Waals surface area contributed by atoms with Crippen LogP contribution in [0.25, 0.3) is 0 Å². The predicted molar refractivity (Wildman–Crippen MR) is 95.8 cm³/mol. The monoisotopic (exact) mass is 340 g/mol. The molecule has 3 heteroatoms. The number of fused-ring (bicyclic) bond motifs is 1. The van der Waals surface area contributed by atoms with Gasteiger partial charge in [0.25, 0.3) is 0 Å². The van der Waals surface area contributed by atoms with E-state index in [0.29, 0.717) is 17.8 Å². The van der Waals surface area contributed by atoms with E-state index in [0.717, 1.165) is 38.5 Å². The molecule has 0 bridgehead atoms. The lowest BCUT2D eigenvalue weighted by Gasteiger charge is -2.52. The molecule has 0 spiro atoms. The highest BCUT2D eigenvalue weighted by Gasteiger charge is 2.54. The maximum atomic E-state index is 10.9. The van der Waals surface area contributed by atoms with Crippen LogP contribution in [0.15, 0.2) is 11.6 Å². The molecule has 23 heavy (non-hydrogen) atoms. The topological polar surface area (TPSA) is 29.5 Å². The highest BCUT2D eigenvalue weighted by molar-refractivity contribution is 6.23. The molecule has 0 amide bonds. The Hall–Kier alpha value is -0.0500. The summed E-state index contributed by atoms with van der Waals surface area (Å²) in [6.45, 7) is 10.7. The van der Waals surface area contributed by atoms with Gasteiger partial charge >= 0.3 is 0 Å². The smallest absolute Gasteiger partial charge is 0.0769 e. The van der Waals surface area contributed by atoms with Crippen molar-refractivity contribution in [2.45, 2.75) is 95.3 Å². The molecule has 0 aromatic rings. The van der Waals surface area contributed by atoms with E-state index in [9.17, 15) is 5.11 Å². The Morgan fingerprint density at radius 1 is 1.17 bits per heavy atom. The van der Waals surface area contributed by atoms with Gasteiger partial charge in [-0.15, -0.1) is 11.6 Å². The molecule has 1 saturated heterocycles. The average Bonchev–Trinajstić information content (AvgIpc) is 2.81. The van der Waals surface area contributed by atoms with Crippen LogP contribution in [-0.2, 0) is 4.74 Å². The number of allylic oxidation sites excluding steroid dienone is 2. The van der Waals surface area contributed by atoms with Crippen molar-refractivity contribution in [3.63, 3.8) is 0 Å². The van der Waals surface area contributed by atoms with Gasteiger partial charge in [0.2, 0.25) is 0 Å². The van der Waals surface area contributed by atoms with Gasteiger partial charge in [0.1, 0.15) is 0 Å². The second kappa shape index (κ2) is 5.75. The van der Waals surface area contributed by atoms with Gasteiger partial charge in [-0.05, 0) is 90.9 Å². The van der Waals surface area contributed by atoms with Crippen molar-refractivity contribution in [2.24, 2.45) is 17.8 Å². The standard InChI is InChI=1S/C20H33ClO2/c1-13-6-7-15-14(12-13)16(8-10-19(15,4)22)20(5)11-9-17(23-20)18(2,3)21/h12,14-17,22H,6-11H2,1-5H3/t14-,15+,16-,17-,19-,20+/m0/s1. The van der Waals surface area contributed by atoms with Gasteiger partial charge in [-0.2, -0.15) is 0 Å². The van der Waals surface area contributed by atoms with Crippen molar-refractivity contribution < 1.29 is 9.84 Å². The molecule has 3 rings (SSSR count). The molecule has 1 N–H and O–H groups in total. The van der Waals surface area contributed by atoms with Crippen molar-refractivity contribution in [3.05, 3.63) is 11.6 Å². The van der Waals surface area contributed by atoms with Gasteiger partial charge in [0.15, 0.2) is 0 Å². The first-order chi connectivity index (χ1) is 10.5. The highest BCUT2D eigenvalue weighted by Crippen LogP contribution is 2.54. The largest absolute Gasteiger partial charge is 0.390 e. The fraction of sp³-hybridized carbons (Fsp3) is 0.900. The van der Waals surface area contributed by atoms with Crippen LogP contribution in [0.2, 0.25) is 0 Å². The summed E-state index contributed by atoms with van der Waals surface area (Å²) >= 11 is 6.53. The Morgan fingerprint density at radius 2 is 1.87 bits per heavy atom. The fourth-order valence-corrected chi connectivity index (χ4v) is 5.53. The van der Waals surface area contributed by atoms with Crippen LogP contribution in [0.4, 0.5) is 0 Å². The number of ether oxygens (including phenoxy) is 1. The van der Waals surface area contributed by atoms with E-state index in [1.807, 2.05) is 6.92 Å². The third kappa shape index (κ3) is 3.24. The normalized spacial score (nSPS) is 48.0. The first kappa shape index (κ1) is 17.8. The van der Waals surface area contributed by atoms with Gasteiger partial charge < -0.3 is 9.84 Å². The molecule has 2 fully saturated rings. The molecule has 2 aliphatic carbocycles. The zero-order valence-electron chi connectivity index (χ0n) is 15.4. The van der Waals surface area contributed by atoms with E-state index in [1.165, 1.54) is 5.57 Å². The Balaban J connectivity index is 1.86. The van der Waals surface area contributed by atoms with Gasteiger partial charge in [-0.3, -0.25) is 0 Å². The first-order valence-corrected chi connectivity index (χ1v) is 9.67. The maximum absolute atomic E-state index is 10.9. The quantitative estimate of drug-likeness (QED) is 0.561. The summed E-state index contributed by atoms with van der Waals surface area (Å²) in [6.07, 6.45) is 8.86. The summed E-state index contributed by atoms with van der Waals surface area (Å²) in [6, 6.07) is 0. The van der Waals surface area contributed by atoms with Gasteiger partial charge in [-0.25, -0.2) is 0 Å². The van der Waals surface area contributed by atoms with Gasteiger partial charge in [0, 0.05) is 0 Å². The number of aliphatic hydroxyl groups is 1. The Kier molecular flexibility index (Phi) is 4.44. The zero-order chi connectivity index (χ0) is 17.0. The molecule has 0 unspecified atom stereocenters. The van der Waals surface area contributed by atoms with E-state index in [2.05, 4.69) is 33.8 Å².